The Morgan fingerprint density at radius 1 is 1.25 bits per heavy atom. The average molecular weight is 347 g/mol. The summed E-state index contributed by atoms with van der Waals surface area (Å²) >= 11 is 1.59. The molecule has 3 rings (SSSR count). The van der Waals surface area contributed by atoms with E-state index in [4.69, 9.17) is 0 Å². The van der Waals surface area contributed by atoms with Gasteiger partial charge in [-0.3, -0.25) is 4.79 Å². The van der Waals surface area contributed by atoms with Crippen LogP contribution in [0.3, 0.4) is 0 Å². The van der Waals surface area contributed by atoms with E-state index >= 15 is 0 Å². The van der Waals surface area contributed by atoms with Crippen LogP contribution in [0.15, 0.2) is 46.6 Å². The Kier molecular flexibility index (Phi) is 5.18. The first-order chi connectivity index (χ1) is 11.4. The number of hydrogen-bond acceptors (Lipinski definition) is 5. The summed E-state index contributed by atoms with van der Waals surface area (Å²) in [4.78, 5) is 17.5. The fourth-order valence-electron chi connectivity index (χ4n) is 2.93. The third-order valence-electron chi connectivity index (χ3n) is 4.47. The van der Waals surface area contributed by atoms with E-state index in [2.05, 4.69) is 22.2 Å². The molecule has 0 bridgehead atoms. The Morgan fingerprint density at radius 2 is 1.96 bits per heavy atom. The minimum absolute atomic E-state index is 0.00938. The number of carbonyl (C=O) groups excluding carboxylic acids is 1. The van der Waals surface area contributed by atoms with Gasteiger partial charge in [0.05, 0.1) is 10.5 Å². The van der Waals surface area contributed by atoms with Crippen LogP contribution >= 0.6 is 11.8 Å². The van der Waals surface area contributed by atoms with Gasteiger partial charge in [0.25, 0.3) is 5.91 Å². The Labute approximate surface area is 147 Å². The molecule has 3 aliphatic rings. The van der Waals surface area contributed by atoms with E-state index in [1.165, 1.54) is 0 Å². The zero-order valence-corrected chi connectivity index (χ0v) is 15.1. The van der Waals surface area contributed by atoms with Crippen molar-refractivity contribution in [2.75, 3.05) is 45.5 Å². The molecule has 2 fully saturated rings. The van der Waals surface area contributed by atoms with Crippen LogP contribution in [0.4, 0.5) is 0 Å². The lowest BCUT2D eigenvalue weighted by Gasteiger charge is -2.35. The lowest BCUT2D eigenvalue weighted by Crippen LogP contribution is -2.43. The Bertz CT molecular complexity index is 626. The van der Waals surface area contributed by atoms with Crippen LogP contribution in [-0.2, 0) is 4.79 Å². The van der Waals surface area contributed by atoms with Gasteiger partial charge in [-0.1, -0.05) is 6.08 Å². The maximum atomic E-state index is 12.1. The molecule has 0 spiro atoms. The quantitative estimate of drug-likeness (QED) is 0.733. The average Bonchev–Trinajstić information content (AvgIpc) is 2.70. The molecule has 0 aromatic rings. The van der Waals surface area contributed by atoms with Gasteiger partial charge in [0.1, 0.15) is 0 Å². The number of amides is 1. The number of thioether (sulfide) groups is 1. The molecule has 5 nitrogen and oxygen atoms in total. The standard InChI is InChI=1S/C18H25N3O2S/c1-18(23)5-3-14(13-16-17(22)19-7-12-24-16)15(4-6-18)21-10-8-20(2)9-11-21/h3-6,13,23H,7-12H2,1-2H3,(H,19,22)/b16-13-. The van der Waals surface area contributed by atoms with Crippen molar-refractivity contribution in [3.05, 3.63) is 46.6 Å². The number of nitrogens with zero attached hydrogens (tertiary/aromatic N) is 2. The van der Waals surface area contributed by atoms with E-state index in [9.17, 15) is 9.90 Å². The van der Waals surface area contributed by atoms with Crippen LogP contribution in [0, 0.1) is 0 Å². The van der Waals surface area contributed by atoms with Crippen molar-refractivity contribution in [1.29, 1.82) is 0 Å². The van der Waals surface area contributed by atoms with Crippen LogP contribution in [-0.4, -0.2) is 71.9 Å². The van der Waals surface area contributed by atoms with Crippen LogP contribution < -0.4 is 5.32 Å². The first-order valence-corrected chi connectivity index (χ1v) is 9.34. The summed E-state index contributed by atoms with van der Waals surface area (Å²) in [5, 5.41) is 13.2. The number of allylic oxidation sites excluding steroid dienone is 4. The zero-order chi connectivity index (χ0) is 17.2. The predicted octanol–water partition coefficient (Wildman–Crippen LogP) is 1.11. The fourth-order valence-corrected chi connectivity index (χ4v) is 3.76. The van der Waals surface area contributed by atoms with Crippen LogP contribution in [0.5, 0.6) is 0 Å². The molecule has 2 heterocycles. The maximum Gasteiger partial charge on any atom is 0.257 e. The second-order valence-electron chi connectivity index (χ2n) is 6.64. The van der Waals surface area contributed by atoms with E-state index in [1.807, 2.05) is 24.3 Å². The highest BCUT2D eigenvalue weighted by molar-refractivity contribution is 8.04. The van der Waals surface area contributed by atoms with E-state index in [1.54, 1.807) is 24.8 Å². The molecule has 6 heteroatoms. The molecule has 0 aromatic heterocycles. The molecule has 24 heavy (non-hydrogen) atoms. The number of nitrogens with one attached hydrogen (secondary N) is 1. The molecular weight excluding hydrogens is 322 g/mol. The Morgan fingerprint density at radius 3 is 2.67 bits per heavy atom. The van der Waals surface area contributed by atoms with E-state index < -0.39 is 5.60 Å². The number of likely N-dealkylation sites (N-methyl/N-ethyl adjacent to an activating group) is 1. The maximum absolute atomic E-state index is 12.1. The number of hydrogen-bond donors (Lipinski definition) is 2. The van der Waals surface area contributed by atoms with Crippen molar-refractivity contribution >= 4 is 17.7 Å². The van der Waals surface area contributed by atoms with Crippen molar-refractivity contribution in [2.24, 2.45) is 0 Å². The number of carbonyl (C=O) groups is 1. The SMILES string of the molecule is CN1CCN(C2=C(/C=C3\SCCNC3=O)C=CC(C)(O)C=C2)CC1. The van der Waals surface area contributed by atoms with Crippen molar-refractivity contribution in [3.8, 4) is 0 Å². The third-order valence-corrected chi connectivity index (χ3v) is 5.50. The largest absolute Gasteiger partial charge is 0.382 e. The summed E-state index contributed by atoms with van der Waals surface area (Å²) in [5.41, 5.74) is 1.08. The van der Waals surface area contributed by atoms with Crippen molar-refractivity contribution in [1.82, 2.24) is 15.1 Å². The van der Waals surface area contributed by atoms with Gasteiger partial charge in [0.15, 0.2) is 0 Å². The minimum Gasteiger partial charge on any atom is -0.382 e. The third kappa shape index (κ3) is 4.12. The second kappa shape index (κ2) is 7.17. The monoisotopic (exact) mass is 347 g/mol. The van der Waals surface area contributed by atoms with Crippen LogP contribution in [0.25, 0.3) is 0 Å². The number of piperazine rings is 1. The van der Waals surface area contributed by atoms with Crippen molar-refractivity contribution < 1.29 is 9.90 Å². The topological polar surface area (TPSA) is 55.8 Å². The number of rotatable bonds is 2. The van der Waals surface area contributed by atoms with Crippen LogP contribution in [0.2, 0.25) is 0 Å². The summed E-state index contributed by atoms with van der Waals surface area (Å²) in [6.45, 7) is 6.39. The molecule has 1 aliphatic carbocycles. The number of aliphatic hydroxyl groups is 1. The molecule has 0 aromatic carbocycles. The van der Waals surface area contributed by atoms with E-state index in [-0.39, 0.29) is 5.91 Å². The van der Waals surface area contributed by atoms with Gasteiger partial charge in [-0.2, -0.15) is 0 Å². The molecule has 2 saturated heterocycles. The smallest absolute Gasteiger partial charge is 0.257 e. The Hall–Kier alpha value is -1.50. The first kappa shape index (κ1) is 17.3. The van der Waals surface area contributed by atoms with Crippen molar-refractivity contribution in [3.63, 3.8) is 0 Å². The highest BCUT2D eigenvalue weighted by atomic mass is 32.2. The second-order valence-corrected chi connectivity index (χ2v) is 7.77. The zero-order valence-electron chi connectivity index (χ0n) is 14.3. The molecule has 2 aliphatic heterocycles. The summed E-state index contributed by atoms with van der Waals surface area (Å²) in [7, 11) is 2.13. The summed E-state index contributed by atoms with van der Waals surface area (Å²) in [6, 6.07) is 0. The Balaban J connectivity index is 1.96. The summed E-state index contributed by atoms with van der Waals surface area (Å²) in [5.74, 6) is 0.885. The predicted molar refractivity (Wildman–Crippen MR) is 98.6 cm³/mol. The lowest BCUT2D eigenvalue weighted by atomic mass is 10.1. The summed E-state index contributed by atoms with van der Waals surface area (Å²) in [6.07, 6.45) is 9.47. The molecule has 1 atom stereocenters. The van der Waals surface area contributed by atoms with Crippen LogP contribution in [0.1, 0.15) is 6.92 Å². The highest BCUT2D eigenvalue weighted by Gasteiger charge is 2.22. The molecule has 130 valence electrons. The van der Waals surface area contributed by atoms with Gasteiger partial charge in [-0.15, -0.1) is 11.8 Å². The van der Waals surface area contributed by atoms with Gasteiger partial charge < -0.3 is 20.2 Å². The molecule has 0 radical (unpaired) electrons. The molecular formula is C18H25N3O2S. The summed E-state index contributed by atoms with van der Waals surface area (Å²) < 4.78 is 0. The molecule has 1 unspecified atom stereocenters. The molecule has 0 saturated carbocycles. The van der Waals surface area contributed by atoms with Gasteiger partial charge in [0.2, 0.25) is 0 Å². The van der Waals surface area contributed by atoms with Gasteiger partial charge in [0, 0.05) is 44.2 Å². The van der Waals surface area contributed by atoms with Crippen molar-refractivity contribution in [2.45, 2.75) is 12.5 Å². The normalized spacial score (nSPS) is 30.7. The van der Waals surface area contributed by atoms with E-state index in [0.29, 0.717) is 0 Å². The highest BCUT2D eigenvalue weighted by Crippen LogP contribution is 2.27. The molecule has 1 amide bonds. The molecule has 2 N–H and O–H groups in total. The van der Waals surface area contributed by atoms with Gasteiger partial charge >= 0.3 is 0 Å². The van der Waals surface area contributed by atoms with Gasteiger partial charge in [-0.25, -0.2) is 0 Å². The van der Waals surface area contributed by atoms with Gasteiger partial charge in [-0.05, 0) is 43.8 Å². The first-order valence-electron chi connectivity index (χ1n) is 8.36. The lowest BCUT2D eigenvalue weighted by molar-refractivity contribution is -0.116. The minimum atomic E-state index is -0.972. The van der Waals surface area contributed by atoms with E-state index in [0.717, 1.165) is 54.7 Å². The fraction of sp³-hybridized carbons (Fsp3) is 0.500.